The van der Waals surface area contributed by atoms with E-state index in [9.17, 15) is 0 Å². The number of rotatable bonds is 6. The molecule has 0 N–H and O–H groups in total. The first kappa shape index (κ1) is 15.4. The van der Waals surface area contributed by atoms with Crippen molar-refractivity contribution >= 4 is 28.8 Å². The van der Waals surface area contributed by atoms with Crippen LogP contribution in [0.2, 0.25) is 13.1 Å². The van der Waals surface area contributed by atoms with Crippen LogP contribution in [0.3, 0.4) is 0 Å². The molecule has 2 aromatic rings. The molecule has 0 radical (unpaired) electrons. The van der Waals surface area contributed by atoms with Crippen molar-refractivity contribution in [1.29, 1.82) is 0 Å². The summed E-state index contributed by atoms with van der Waals surface area (Å²) in [4.78, 5) is 0. The summed E-state index contributed by atoms with van der Waals surface area (Å²) in [6.07, 6.45) is 0. The van der Waals surface area contributed by atoms with Crippen LogP contribution in [0.4, 0.5) is 0 Å². The summed E-state index contributed by atoms with van der Waals surface area (Å²) in [5, 5.41) is 0. The van der Waals surface area contributed by atoms with E-state index in [2.05, 4.69) is 73.8 Å². The third-order valence-corrected chi connectivity index (χ3v) is 9.96. The second kappa shape index (κ2) is 7.14. The molecule has 0 aliphatic rings. The number of benzene rings is 2. The Kier molecular flexibility index (Phi) is 5.50. The zero-order valence-corrected chi connectivity index (χ0v) is 16.8. The Labute approximate surface area is 127 Å². The third-order valence-electron chi connectivity index (χ3n) is 3.51. The van der Waals surface area contributed by atoms with Crippen molar-refractivity contribution in [1.82, 2.24) is 0 Å². The monoisotopic (exact) mass is 318 g/mol. The van der Waals surface area contributed by atoms with Crippen molar-refractivity contribution < 1.29 is 8.23 Å². The molecule has 0 saturated heterocycles. The van der Waals surface area contributed by atoms with E-state index < -0.39 is 18.3 Å². The van der Waals surface area contributed by atoms with E-state index in [4.69, 9.17) is 8.23 Å². The van der Waals surface area contributed by atoms with E-state index in [1.54, 1.807) is 0 Å². The summed E-state index contributed by atoms with van der Waals surface area (Å²) in [6.45, 7) is 4.59. The van der Waals surface area contributed by atoms with Crippen LogP contribution in [0.1, 0.15) is 16.7 Å². The molecule has 2 rings (SSSR count). The fraction of sp³-hybridized carbons (Fsp3) is 0.200. The van der Waals surface area contributed by atoms with Gasteiger partial charge in [-0.3, -0.25) is 0 Å². The average molecular weight is 319 g/mol. The summed E-state index contributed by atoms with van der Waals surface area (Å²) in [6, 6.07) is 21.4. The Morgan fingerprint density at radius 3 is 1.75 bits per heavy atom. The van der Waals surface area contributed by atoms with Gasteiger partial charge in [0.25, 0.3) is 10.0 Å². The average Bonchev–Trinajstić information content (AvgIpc) is 2.47. The Morgan fingerprint density at radius 1 is 0.900 bits per heavy atom. The molecule has 5 heteroatoms. The molecular formula is C15H22O2Si3. The van der Waals surface area contributed by atoms with E-state index in [0.29, 0.717) is 5.54 Å². The lowest BCUT2D eigenvalue weighted by Crippen LogP contribution is -2.41. The van der Waals surface area contributed by atoms with Crippen LogP contribution >= 0.6 is 0 Å². The standard InChI is InChI=1S/C15H22O2Si3/c1-20(2,17-19-16-18)15(13-9-5-3-6-10-13)14-11-7-4-8-12-14/h3-12,15H,19H2,1-2,18H3. The fourth-order valence-corrected chi connectivity index (χ4v) is 7.98. The first-order valence-electron chi connectivity index (χ1n) is 6.88. The van der Waals surface area contributed by atoms with Crippen molar-refractivity contribution in [2.75, 3.05) is 0 Å². The molecule has 0 bridgehead atoms. The second-order valence-corrected chi connectivity index (χ2v) is 12.9. The highest BCUT2D eigenvalue weighted by atomic mass is 28.4. The Morgan fingerprint density at radius 2 is 1.35 bits per heavy atom. The lowest BCUT2D eigenvalue weighted by atomic mass is 10.0. The minimum atomic E-state index is -1.88. The first-order valence-corrected chi connectivity index (χ1v) is 11.8. The van der Waals surface area contributed by atoms with E-state index in [0.717, 1.165) is 10.5 Å². The minimum Gasteiger partial charge on any atom is -0.449 e. The highest BCUT2D eigenvalue weighted by molar-refractivity contribution is 6.76. The van der Waals surface area contributed by atoms with E-state index in [1.165, 1.54) is 11.1 Å². The van der Waals surface area contributed by atoms with Gasteiger partial charge in [0.2, 0.25) is 0 Å². The van der Waals surface area contributed by atoms with Gasteiger partial charge in [0, 0.05) is 5.54 Å². The van der Waals surface area contributed by atoms with Crippen molar-refractivity contribution in [2.24, 2.45) is 0 Å². The highest BCUT2D eigenvalue weighted by Gasteiger charge is 2.35. The zero-order chi connectivity index (χ0) is 14.4. The summed E-state index contributed by atoms with van der Waals surface area (Å²) in [5.41, 5.74) is 3.05. The lowest BCUT2D eigenvalue weighted by Gasteiger charge is -2.33. The van der Waals surface area contributed by atoms with Gasteiger partial charge in [0.1, 0.15) is 10.5 Å². The number of hydrogen-bond donors (Lipinski definition) is 0. The maximum absolute atomic E-state index is 6.24. The van der Waals surface area contributed by atoms with Gasteiger partial charge in [0.15, 0.2) is 8.32 Å². The van der Waals surface area contributed by atoms with Gasteiger partial charge in [0.05, 0.1) is 0 Å². The molecule has 2 nitrogen and oxygen atoms in total. The smallest absolute Gasteiger partial charge is 0.283 e. The second-order valence-electron chi connectivity index (χ2n) is 5.41. The topological polar surface area (TPSA) is 18.5 Å². The van der Waals surface area contributed by atoms with Crippen molar-refractivity contribution in [2.45, 2.75) is 18.6 Å². The van der Waals surface area contributed by atoms with Crippen molar-refractivity contribution in [3.8, 4) is 0 Å². The van der Waals surface area contributed by atoms with E-state index in [1.807, 2.05) is 0 Å². The first-order chi connectivity index (χ1) is 9.65. The molecule has 0 aliphatic carbocycles. The predicted molar refractivity (Wildman–Crippen MR) is 92.9 cm³/mol. The van der Waals surface area contributed by atoms with Gasteiger partial charge in [-0.1, -0.05) is 60.7 Å². The molecule has 0 unspecified atom stereocenters. The highest BCUT2D eigenvalue weighted by Crippen LogP contribution is 2.34. The summed E-state index contributed by atoms with van der Waals surface area (Å²) >= 11 is 0. The molecule has 0 aliphatic heterocycles. The van der Waals surface area contributed by atoms with Crippen molar-refractivity contribution in [3.05, 3.63) is 71.8 Å². The lowest BCUT2D eigenvalue weighted by molar-refractivity contribution is 0.470. The van der Waals surface area contributed by atoms with Gasteiger partial charge in [-0.2, -0.15) is 0 Å². The van der Waals surface area contributed by atoms with Crippen LogP contribution in [0.25, 0.3) is 0 Å². The van der Waals surface area contributed by atoms with E-state index >= 15 is 0 Å². The Hall–Kier alpha value is -0.989. The SMILES string of the molecule is C[Si](C)(O[SiH2]O[SiH3])C(c1ccccc1)c1ccccc1. The van der Waals surface area contributed by atoms with Gasteiger partial charge in [-0.25, -0.2) is 0 Å². The molecule has 20 heavy (non-hydrogen) atoms. The summed E-state index contributed by atoms with van der Waals surface area (Å²) in [5.74, 6) is 0. The summed E-state index contributed by atoms with van der Waals surface area (Å²) < 4.78 is 11.6. The fourth-order valence-electron chi connectivity index (χ4n) is 2.58. The zero-order valence-electron chi connectivity index (χ0n) is 12.4. The van der Waals surface area contributed by atoms with Gasteiger partial charge in [-0.15, -0.1) is 0 Å². The van der Waals surface area contributed by atoms with E-state index in [-0.39, 0.29) is 0 Å². The largest absolute Gasteiger partial charge is 0.449 e. The molecule has 0 aromatic heterocycles. The third kappa shape index (κ3) is 3.77. The van der Waals surface area contributed by atoms with Crippen LogP contribution in [0.5, 0.6) is 0 Å². The quantitative estimate of drug-likeness (QED) is 0.757. The molecule has 0 fully saturated rings. The molecule has 2 aromatic carbocycles. The Balaban J connectivity index is 2.40. The molecular weight excluding hydrogens is 296 g/mol. The maximum atomic E-state index is 6.24. The van der Waals surface area contributed by atoms with Gasteiger partial charge >= 0.3 is 0 Å². The molecule has 0 spiro atoms. The molecule has 0 saturated carbocycles. The Bertz CT molecular complexity index is 478. The van der Waals surface area contributed by atoms with Crippen LogP contribution in [-0.2, 0) is 8.23 Å². The van der Waals surface area contributed by atoms with Crippen molar-refractivity contribution in [3.63, 3.8) is 0 Å². The molecule has 106 valence electrons. The molecule has 0 atom stereocenters. The summed E-state index contributed by atoms with van der Waals surface area (Å²) in [7, 11) is -1.91. The molecule has 0 amide bonds. The molecule has 0 heterocycles. The van der Waals surface area contributed by atoms with Gasteiger partial charge in [-0.05, 0) is 24.2 Å². The number of hydrogen-bond acceptors (Lipinski definition) is 2. The normalized spacial score (nSPS) is 12.6. The van der Waals surface area contributed by atoms with Crippen LogP contribution < -0.4 is 0 Å². The van der Waals surface area contributed by atoms with Crippen LogP contribution in [-0.4, -0.2) is 28.8 Å². The minimum absolute atomic E-state index is 0.356. The van der Waals surface area contributed by atoms with Crippen LogP contribution in [0, 0.1) is 0 Å². The maximum Gasteiger partial charge on any atom is 0.283 e. The predicted octanol–water partition coefficient (Wildman–Crippen LogP) is 1.88. The van der Waals surface area contributed by atoms with Gasteiger partial charge < -0.3 is 8.23 Å². The van der Waals surface area contributed by atoms with Crippen LogP contribution in [0.15, 0.2) is 60.7 Å².